The van der Waals surface area contributed by atoms with E-state index in [2.05, 4.69) is 25.2 Å². The van der Waals surface area contributed by atoms with Gasteiger partial charge in [-0.25, -0.2) is 0 Å². The van der Waals surface area contributed by atoms with Gasteiger partial charge in [-0.2, -0.15) is 0 Å². The Morgan fingerprint density at radius 2 is 2.00 bits per heavy atom. The Hall–Kier alpha value is -1.04. The van der Waals surface area contributed by atoms with Gasteiger partial charge in [0, 0.05) is 0 Å². The van der Waals surface area contributed by atoms with E-state index in [9.17, 15) is 0 Å². The highest BCUT2D eigenvalue weighted by molar-refractivity contribution is 5.07. The zero-order valence-corrected chi connectivity index (χ0v) is 7.96. The van der Waals surface area contributed by atoms with Gasteiger partial charge in [0.1, 0.15) is 0 Å². The molecule has 0 bridgehead atoms. The van der Waals surface area contributed by atoms with Gasteiger partial charge < -0.3 is 0 Å². The summed E-state index contributed by atoms with van der Waals surface area (Å²) in [6.07, 6.45) is 19.4. The fourth-order valence-corrected chi connectivity index (χ4v) is 0.666. The molecule has 0 aromatic rings. The first-order valence-corrected chi connectivity index (χ1v) is 4.42. The molecule has 0 nitrogen and oxygen atoms in total. The summed E-state index contributed by atoms with van der Waals surface area (Å²) in [6, 6.07) is 0. The maximum atomic E-state index is 3.07. The topological polar surface area (TPSA) is 0 Å². The van der Waals surface area contributed by atoms with Crippen molar-refractivity contribution >= 4 is 0 Å². The van der Waals surface area contributed by atoms with Crippen LogP contribution in [-0.4, -0.2) is 0 Å². The molecule has 0 aliphatic heterocycles. The molecule has 0 heterocycles. The molecule has 0 N–H and O–H groups in total. The SMILES string of the molecule is CC=CC/C=[C]/C=CC=CCC. The lowest BCUT2D eigenvalue weighted by Gasteiger charge is -1.76. The second kappa shape index (κ2) is 9.96. The van der Waals surface area contributed by atoms with Crippen LogP contribution in [0.15, 0.2) is 42.5 Å². The predicted octanol–water partition coefficient (Wildman–Crippen LogP) is 3.83. The first kappa shape index (κ1) is 11.0. The Kier molecular flexibility index (Phi) is 9.10. The molecule has 0 saturated carbocycles. The van der Waals surface area contributed by atoms with Gasteiger partial charge in [0.25, 0.3) is 0 Å². The van der Waals surface area contributed by atoms with Crippen LogP contribution in [0.25, 0.3) is 0 Å². The highest BCUT2D eigenvalue weighted by Crippen LogP contribution is 1.86. The van der Waals surface area contributed by atoms with Crippen LogP contribution in [0, 0.1) is 6.08 Å². The van der Waals surface area contributed by atoms with Gasteiger partial charge in [-0.05, 0) is 25.8 Å². The molecule has 0 saturated heterocycles. The van der Waals surface area contributed by atoms with Gasteiger partial charge in [-0.15, -0.1) is 0 Å². The van der Waals surface area contributed by atoms with Crippen LogP contribution in [-0.2, 0) is 0 Å². The molecule has 65 valence electrons. The van der Waals surface area contributed by atoms with E-state index in [1.807, 2.05) is 37.3 Å². The summed E-state index contributed by atoms with van der Waals surface area (Å²) in [7, 11) is 0. The van der Waals surface area contributed by atoms with E-state index in [-0.39, 0.29) is 0 Å². The van der Waals surface area contributed by atoms with Crippen LogP contribution in [0.2, 0.25) is 0 Å². The molecule has 12 heavy (non-hydrogen) atoms. The molecule has 0 aliphatic rings. The van der Waals surface area contributed by atoms with Gasteiger partial charge in [-0.1, -0.05) is 49.5 Å². The zero-order chi connectivity index (χ0) is 9.07. The highest BCUT2D eigenvalue weighted by Gasteiger charge is 1.67. The van der Waals surface area contributed by atoms with E-state index >= 15 is 0 Å². The molecule has 1 radical (unpaired) electrons. The van der Waals surface area contributed by atoms with E-state index in [1.165, 1.54) is 0 Å². The van der Waals surface area contributed by atoms with Crippen molar-refractivity contribution in [2.75, 3.05) is 0 Å². The summed E-state index contributed by atoms with van der Waals surface area (Å²) in [5.74, 6) is 0. The van der Waals surface area contributed by atoms with Crippen molar-refractivity contribution < 1.29 is 0 Å². The summed E-state index contributed by atoms with van der Waals surface area (Å²) in [6.45, 7) is 4.14. The second-order valence-electron chi connectivity index (χ2n) is 2.37. The summed E-state index contributed by atoms with van der Waals surface area (Å²) in [5.41, 5.74) is 0. The zero-order valence-electron chi connectivity index (χ0n) is 7.96. The number of allylic oxidation sites excluding steroid dienone is 8. The van der Waals surface area contributed by atoms with Crippen LogP contribution in [0.1, 0.15) is 26.7 Å². The van der Waals surface area contributed by atoms with Crippen molar-refractivity contribution in [2.45, 2.75) is 26.7 Å². The minimum atomic E-state index is 0.971. The minimum absolute atomic E-state index is 0.971. The molecule has 0 atom stereocenters. The van der Waals surface area contributed by atoms with Crippen LogP contribution in [0.5, 0.6) is 0 Å². The van der Waals surface area contributed by atoms with E-state index in [1.54, 1.807) is 0 Å². The maximum Gasteiger partial charge on any atom is -0.0160 e. The van der Waals surface area contributed by atoms with E-state index in [4.69, 9.17) is 0 Å². The van der Waals surface area contributed by atoms with E-state index in [0.29, 0.717) is 0 Å². The molecule has 0 aromatic carbocycles. The first-order chi connectivity index (χ1) is 5.91. The Bertz CT molecular complexity index is 180. The van der Waals surface area contributed by atoms with Crippen molar-refractivity contribution in [3.63, 3.8) is 0 Å². The van der Waals surface area contributed by atoms with Crippen molar-refractivity contribution in [2.24, 2.45) is 0 Å². The van der Waals surface area contributed by atoms with Crippen molar-refractivity contribution in [3.05, 3.63) is 48.6 Å². The van der Waals surface area contributed by atoms with Gasteiger partial charge in [-0.3, -0.25) is 0 Å². The third-order valence-corrected chi connectivity index (χ3v) is 1.28. The number of hydrogen-bond acceptors (Lipinski definition) is 0. The normalized spacial score (nSPS) is 13.2. The van der Waals surface area contributed by atoms with Crippen molar-refractivity contribution in [3.8, 4) is 0 Å². The van der Waals surface area contributed by atoms with E-state index in [0.717, 1.165) is 12.8 Å². The lowest BCUT2D eigenvalue weighted by Crippen LogP contribution is -1.57. The molecule has 0 aromatic heterocycles. The molecule has 0 amide bonds. The third kappa shape index (κ3) is 8.96. The van der Waals surface area contributed by atoms with E-state index < -0.39 is 0 Å². The smallest absolute Gasteiger partial charge is 0.0160 e. The molecule has 0 spiro atoms. The molecular weight excluding hydrogens is 144 g/mol. The van der Waals surface area contributed by atoms with Gasteiger partial charge in [0.05, 0.1) is 0 Å². The molecule has 0 aliphatic carbocycles. The van der Waals surface area contributed by atoms with Crippen molar-refractivity contribution in [1.29, 1.82) is 0 Å². The van der Waals surface area contributed by atoms with Crippen LogP contribution >= 0.6 is 0 Å². The molecule has 0 unspecified atom stereocenters. The Morgan fingerprint density at radius 3 is 2.67 bits per heavy atom. The Balaban J connectivity index is 3.45. The number of hydrogen-bond donors (Lipinski definition) is 0. The van der Waals surface area contributed by atoms with Crippen LogP contribution in [0.3, 0.4) is 0 Å². The lowest BCUT2D eigenvalue weighted by molar-refractivity contribution is 1.22. The third-order valence-electron chi connectivity index (χ3n) is 1.28. The molecular formula is C12H17. The quantitative estimate of drug-likeness (QED) is 0.424. The average Bonchev–Trinajstić information content (AvgIpc) is 2.10. The average molecular weight is 161 g/mol. The highest BCUT2D eigenvalue weighted by atomic mass is 13.7. The summed E-state index contributed by atoms with van der Waals surface area (Å²) in [5, 5.41) is 0. The van der Waals surface area contributed by atoms with Gasteiger partial charge in [0.2, 0.25) is 0 Å². The summed E-state index contributed by atoms with van der Waals surface area (Å²) < 4.78 is 0. The predicted molar refractivity (Wildman–Crippen MR) is 55.8 cm³/mol. The monoisotopic (exact) mass is 161 g/mol. The number of rotatable bonds is 5. The Labute approximate surface area is 76.0 Å². The Morgan fingerprint density at radius 1 is 1.17 bits per heavy atom. The fraction of sp³-hybridized carbons (Fsp3) is 0.333. The molecule has 0 heteroatoms. The molecule has 0 rings (SSSR count). The van der Waals surface area contributed by atoms with Gasteiger partial charge >= 0.3 is 0 Å². The maximum absolute atomic E-state index is 3.07. The standard InChI is InChI=1S/C12H17/c1-3-5-7-9-11-12-10-8-6-4-2/h3,5-6,8-10,12H,4,7H2,1-2H3. The van der Waals surface area contributed by atoms with Crippen LogP contribution < -0.4 is 0 Å². The second-order valence-corrected chi connectivity index (χ2v) is 2.37. The summed E-state index contributed by atoms with van der Waals surface area (Å²) >= 11 is 0. The van der Waals surface area contributed by atoms with Crippen LogP contribution in [0.4, 0.5) is 0 Å². The fourth-order valence-electron chi connectivity index (χ4n) is 0.666. The summed E-state index contributed by atoms with van der Waals surface area (Å²) in [4.78, 5) is 0. The van der Waals surface area contributed by atoms with Crippen molar-refractivity contribution in [1.82, 2.24) is 0 Å². The minimum Gasteiger partial charge on any atom is -0.0914 e. The largest absolute Gasteiger partial charge is 0.0914 e. The molecule has 0 fully saturated rings. The van der Waals surface area contributed by atoms with Gasteiger partial charge in [0.15, 0.2) is 0 Å². The first-order valence-electron chi connectivity index (χ1n) is 4.42. The lowest BCUT2D eigenvalue weighted by atomic mass is 10.3.